The number of ether oxygens (including phenoxy) is 3. The van der Waals surface area contributed by atoms with Gasteiger partial charge in [-0.3, -0.25) is 0 Å². The van der Waals surface area contributed by atoms with E-state index in [2.05, 4.69) is 20.6 Å². The first kappa shape index (κ1) is 26.1. The summed E-state index contributed by atoms with van der Waals surface area (Å²) in [7, 11) is 3.08. The van der Waals surface area contributed by atoms with Gasteiger partial charge in [0.25, 0.3) is 0 Å². The largest absolute Gasteiger partial charge is 0.495 e. The van der Waals surface area contributed by atoms with Gasteiger partial charge < -0.3 is 24.8 Å². The molecule has 2 unspecified atom stereocenters. The Morgan fingerprint density at radius 3 is 2.33 bits per heavy atom. The number of anilines is 1. The number of hydrogen-bond donors (Lipinski definition) is 2. The van der Waals surface area contributed by atoms with E-state index in [-0.39, 0.29) is 12.1 Å². The summed E-state index contributed by atoms with van der Waals surface area (Å²) in [5.74, 6) is 1.43. The maximum Gasteiger partial charge on any atom is 0.407 e. The van der Waals surface area contributed by atoms with E-state index in [1.165, 1.54) is 0 Å². The first-order valence-corrected chi connectivity index (χ1v) is 12.5. The van der Waals surface area contributed by atoms with Crippen molar-refractivity contribution >= 4 is 46.1 Å². The van der Waals surface area contributed by atoms with Gasteiger partial charge in [0.15, 0.2) is 0 Å². The number of carbonyl (C=O) groups is 1. The minimum absolute atomic E-state index is 0.0103. The van der Waals surface area contributed by atoms with Crippen LogP contribution in [0.4, 0.5) is 10.7 Å². The van der Waals surface area contributed by atoms with Crippen molar-refractivity contribution in [2.75, 3.05) is 19.5 Å². The zero-order chi connectivity index (χ0) is 26.0. The molecule has 2 aromatic carbocycles. The van der Waals surface area contributed by atoms with E-state index in [4.69, 9.17) is 37.4 Å². The van der Waals surface area contributed by atoms with Gasteiger partial charge in [0.05, 0.1) is 35.8 Å². The van der Waals surface area contributed by atoms with Gasteiger partial charge in [-0.25, -0.2) is 14.8 Å². The van der Waals surface area contributed by atoms with Crippen molar-refractivity contribution < 1.29 is 19.0 Å². The average molecular weight is 533 g/mol. The van der Waals surface area contributed by atoms with Crippen LogP contribution >= 0.6 is 23.2 Å². The van der Waals surface area contributed by atoms with Crippen LogP contribution in [0.2, 0.25) is 10.0 Å². The Kier molecular flexibility index (Phi) is 7.66. The van der Waals surface area contributed by atoms with Gasteiger partial charge >= 0.3 is 6.09 Å². The van der Waals surface area contributed by atoms with Crippen LogP contribution in [0.5, 0.6) is 11.5 Å². The molecule has 2 N–H and O–H groups in total. The lowest BCUT2D eigenvalue weighted by Crippen LogP contribution is -2.45. The number of rotatable bonds is 6. The van der Waals surface area contributed by atoms with Crippen LogP contribution in [0, 0.1) is 0 Å². The smallest absolute Gasteiger partial charge is 0.407 e. The number of nitrogens with zero attached hydrogens (tertiary/aromatic N) is 2. The highest BCUT2D eigenvalue weighted by Gasteiger charge is 2.30. The topological polar surface area (TPSA) is 94.6 Å². The van der Waals surface area contributed by atoms with Gasteiger partial charge in [-0.1, -0.05) is 29.3 Å². The van der Waals surface area contributed by atoms with Gasteiger partial charge in [0, 0.05) is 29.3 Å². The molecule has 0 bridgehead atoms. The standard InChI is InChI=1S/C26H30Cl2N4O4/c1-26(2,3)36-25(33)32-18-8-6-7-17(18)31-24-29-13-15-11-14(9-10-16(15)30-24)21-22(27)19(34-4)12-20(35-5)23(21)28/h9-13,17-18H,6-8H2,1-5H3,(H,32,33)(H,29,30,31). The minimum atomic E-state index is -0.545. The van der Waals surface area contributed by atoms with Gasteiger partial charge in [-0.05, 0) is 57.7 Å². The Balaban J connectivity index is 1.56. The summed E-state index contributed by atoms with van der Waals surface area (Å²) in [6.07, 6.45) is 4.08. The number of aromatic nitrogens is 2. The molecule has 1 heterocycles. The van der Waals surface area contributed by atoms with Crippen molar-refractivity contribution in [3.05, 3.63) is 40.5 Å². The second-order valence-corrected chi connectivity index (χ2v) is 10.4. The summed E-state index contributed by atoms with van der Waals surface area (Å²) in [6, 6.07) is 7.32. The maximum absolute atomic E-state index is 12.2. The van der Waals surface area contributed by atoms with Crippen molar-refractivity contribution in [1.29, 1.82) is 0 Å². The lowest BCUT2D eigenvalue weighted by Gasteiger charge is -2.25. The molecule has 2 atom stereocenters. The molecule has 1 aliphatic carbocycles. The van der Waals surface area contributed by atoms with E-state index in [0.717, 1.165) is 35.7 Å². The third-order valence-electron chi connectivity index (χ3n) is 5.97. The van der Waals surface area contributed by atoms with Crippen LogP contribution in [0.25, 0.3) is 22.0 Å². The van der Waals surface area contributed by atoms with Crippen LogP contribution in [-0.2, 0) is 4.74 Å². The first-order chi connectivity index (χ1) is 17.1. The highest BCUT2D eigenvalue weighted by molar-refractivity contribution is 6.41. The fourth-order valence-corrected chi connectivity index (χ4v) is 5.05. The van der Waals surface area contributed by atoms with Crippen molar-refractivity contribution in [3.63, 3.8) is 0 Å². The maximum atomic E-state index is 12.2. The monoisotopic (exact) mass is 532 g/mol. The van der Waals surface area contributed by atoms with E-state index in [1.54, 1.807) is 26.5 Å². The summed E-state index contributed by atoms with van der Waals surface area (Å²) in [5, 5.41) is 7.96. The van der Waals surface area contributed by atoms with Gasteiger partial charge in [0.2, 0.25) is 5.95 Å². The van der Waals surface area contributed by atoms with Crippen molar-refractivity contribution in [2.24, 2.45) is 0 Å². The number of alkyl carbamates (subject to hydrolysis) is 1. The SMILES string of the molecule is COc1cc(OC)c(Cl)c(-c2ccc3nc(NC4CCCC4NC(=O)OC(C)(C)C)ncc3c2)c1Cl. The minimum Gasteiger partial charge on any atom is -0.495 e. The number of nitrogens with one attached hydrogen (secondary N) is 2. The van der Waals surface area contributed by atoms with E-state index in [1.807, 2.05) is 39.0 Å². The molecule has 0 aliphatic heterocycles. The molecule has 1 amide bonds. The Hall–Kier alpha value is -2.97. The molecular weight excluding hydrogens is 503 g/mol. The molecule has 1 aromatic heterocycles. The molecule has 0 saturated heterocycles. The molecule has 3 aromatic rings. The highest BCUT2D eigenvalue weighted by Crippen LogP contribution is 2.46. The fraction of sp³-hybridized carbons (Fsp3) is 0.423. The number of carbonyl (C=O) groups excluding carboxylic acids is 1. The second-order valence-electron chi connectivity index (χ2n) is 9.69. The predicted molar refractivity (Wildman–Crippen MR) is 143 cm³/mol. The fourth-order valence-electron chi connectivity index (χ4n) is 4.33. The van der Waals surface area contributed by atoms with Crippen LogP contribution in [0.1, 0.15) is 40.0 Å². The molecule has 8 nitrogen and oxygen atoms in total. The number of benzene rings is 2. The lowest BCUT2D eigenvalue weighted by atomic mass is 10.0. The van der Waals surface area contributed by atoms with Crippen molar-refractivity contribution in [2.45, 2.75) is 57.7 Å². The normalized spacial score (nSPS) is 17.6. The van der Waals surface area contributed by atoms with E-state index >= 15 is 0 Å². The highest BCUT2D eigenvalue weighted by atomic mass is 35.5. The molecule has 0 radical (unpaired) electrons. The first-order valence-electron chi connectivity index (χ1n) is 11.7. The van der Waals surface area contributed by atoms with Crippen LogP contribution in [0.15, 0.2) is 30.5 Å². The van der Waals surface area contributed by atoms with Crippen LogP contribution < -0.4 is 20.1 Å². The molecule has 4 rings (SSSR count). The molecule has 1 saturated carbocycles. The summed E-state index contributed by atoms with van der Waals surface area (Å²) in [5.41, 5.74) is 1.61. The van der Waals surface area contributed by atoms with Crippen molar-refractivity contribution in [1.82, 2.24) is 15.3 Å². The third kappa shape index (κ3) is 5.71. The van der Waals surface area contributed by atoms with Crippen molar-refractivity contribution in [3.8, 4) is 22.6 Å². The summed E-state index contributed by atoms with van der Waals surface area (Å²) < 4.78 is 16.2. The molecule has 1 aliphatic rings. The van der Waals surface area contributed by atoms with Crippen LogP contribution in [0.3, 0.4) is 0 Å². The Labute approximate surface area is 220 Å². The zero-order valence-corrected chi connectivity index (χ0v) is 22.5. The molecule has 36 heavy (non-hydrogen) atoms. The Bertz CT molecular complexity index is 1250. The van der Waals surface area contributed by atoms with Gasteiger partial charge in [0.1, 0.15) is 17.1 Å². The molecule has 1 fully saturated rings. The molecule has 10 heteroatoms. The average Bonchev–Trinajstić information content (AvgIpc) is 3.24. The zero-order valence-electron chi connectivity index (χ0n) is 20.9. The van der Waals surface area contributed by atoms with E-state index < -0.39 is 11.7 Å². The summed E-state index contributed by atoms with van der Waals surface area (Å²) in [4.78, 5) is 21.4. The number of fused-ring (bicyclic) bond motifs is 1. The lowest BCUT2D eigenvalue weighted by molar-refractivity contribution is 0.0503. The summed E-state index contributed by atoms with van der Waals surface area (Å²) in [6.45, 7) is 5.54. The number of hydrogen-bond acceptors (Lipinski definition) is 7. The number of methoxy groups -OCH3 is 2. The third-order valence-corrected chi connectivity index (χ3v) is 6.73. The number of amides is 1. The molecular formula is C26H30Cl2N4O4. The Morgan fingerprint density at radius 2 is 1.69 bits per heavy atom. The second kappa shape index (κ2) is 10.6. The molecule has 192 valence electrons. The van der Waals surface area contributed by atoms with E-state index in [9.17, 15) is 4.79 Å². The number of halogens is 2. The van der Waals surface area contributed by atoms with Gasteiger partial charge in [-0.15, -0.1) is 0 Å². The van der Waals surface area contributed by atoms with Crippen LogP contribution in [-0.4, -0.2) is 48.0 Å². The predicted octanol–water partition coefficient (Wildman–Crippen LogP) is 6.48. The quantitative estimate of drug-likeness (QED) is 0.375. The van der Waals surface area contributed by atoms with Gasteiger partial charge in [-0.2, -0.15) is 0 Å². The summed E-state index contributed by atoms with van der Waals surface area (Å²) >= 11 is 13.2. The van der Waals surface area contributed by atoms with E-state index in [0.29, 0.717) is 33.1 Å². The Morgan fingerprint density at radius 1 is 1.03 bits per heavy atom. The molecule has 0 spiro atoms.